The number of carbonyl (C=O) groups is 3. The molecule has 5 heteroatoms. The number of hydrogen-bond acceptors (Lipinski definition) is 4. The molecule has 0 aromatic rings. The number of allylic oxidation sites excluding steroid dienone is 8. The third kappa shape index (κ3) is 18.9. The minimum Gasteiger partial charge on any atom is -0.338 e. The molecule has 0 saturated heterocycles. The fourth-order valence-electron chi connectivity index (χ4n) is 2.51. The second kappa shape index (κ2) is 21.3. The lowest BCUT2D eigenvalue weighted by Crippen LogP contribution is -2.29. The van der Waals surface area contributed by atoms with Gasteiger partial charge in [-0.05, 0) is 44.9 Å². The molecule has 0 N–H and O–H groups in total. The van der Waals surface area contributed by atoms with Gasteiger partial charge in [-0.3, -0.25) is 4.79 Å². The first-order chi connectivity index (χ1) is 14.6. The van der Waals surface area contributed by atoms with Crippen LogP contribution in [0.3, 0.4) is 0 Å². The van der Waals surface area contributed by atoms with Gasteiger partial charge in [0.2, 0.25) is 0 Å². The predicted molar refractivity (Wildman–Crippen MR) is 123 cm³/mol. The quantitative estimate of drug-likeness (QED) is 0.125. The van der Waals surface area contributed by atoms with Gasteiger partial charge in [-0.25, -0.2) is 4.79 Å². The second-order valence-corrected chi connectivity index (χ2v) is 7.04. The van der Waals surface area contributed by atoms with Crippen molar-refractivity contribution in [2.75, 3.05) is 7.05 Å². The summed E-state index contributed by atoms with van der Waals surface area (Å²) in [6.45, 7) is 2.22. The Hall–Kier alpha value is -2.43. The van der Waals surface area contributed by atoms with Crippen LogP contribution >= 0.6 is 0 Å². The number of hydrogen-bond donors (Lipinski definition) is 0. The summed E-state index contributed by atoms with van der Waals surface area (Å²) in [5.74, 6) is -0.816. The molecule has 30 heavy (non-hydrogen) atoms. The molecular formula is C25H39NO4. The van der Waals surface area contributed by atoms with Gasteiger partial charge in [-0.15, -0.1) is 0 Å². The summed E-state index contributed by atoms with van der Waals surface area (Å²) in [5.41, 5.74) is 0. The van der Waals surface area contributed by atoms with Gasteiger partial charge in [0.15, 0.2) is 0 Å². The number of carbonyl (C=O) groups excluding carboxylic acids is 3. The lowest BCUT2D eigenvalue weighted by atomic mass is 10.2. The SMILES string of the molecule is CCCCC/C=C\C/C=C\C/C=C\C/C=C\CCCC(=O)ON(C)C(=O)CCC=O. The zero-order chi connectivity index (χ0) is 22.3. The maximum Gasteiger partial charge on any atom is 0.332 e. The molecule has 0 unspecified atom stereocenters. The Kier molecular flexibility index (Phi) is 19.6. The summed E-state index contributed by atoms with van der Waals surface area (Å²) >= 11 is 0. The predicted octanol–water partition coefficient (Wildman–Crippen LogP) is 6.03. The Bertz CT molecular complexity index is 576. The van der Waals surface area contributed by atoms with Crippen LogP contribution in [-0.2, 0) is 19.2 Å². The normalized spacial score (nSPS) is 11.8. The number of hydroxylamine groups is 2. The van der Waals surface area contributed by atoms with Gasteiger partial charge in [0, 0.05) is 26.3 Å². The van der Waals surface area contributed by atoms with Gasteiger partial charge in [-0.1, -0.05) is 68.4 Å². The standard InChI is InChI=1S/C25H39NO4/c1-3-4-5-6-7-8-9-10-11-12-13-14-15-16-17-18-19-22-25(29)30-26(2)24(28)21-20-23-27/h7-8,10-11,13-14,16-17,23H,3-6,9,12,15,18-22H2,1-2H3/b8-7-,11-10-,14-13-,17-16-. The van der Waals surface area contributed by atoms with Crippen LogP contribution in [0.15, 0.2) is 48.6 Å². The molecule has 0 radical (unpaired) electrons. The summed E-state index contributed by atoms with van der Waals surface area (Å²) in [5, 5.41) is 0.908. The van der Waals surface area contributed by atoms with Crippen LogP contribution in [-0.4, -0.2) is 30.3 Å². The van der Waals surface area contributed by atoms with E-state index in [-0.39, 0.29) is 25.2 Å². The van der Waals surface area contributed by atoms with Crippen LogP contribution in [0.5, 0.6) is 0 Å². The smallest absolute Gasteiger partial charge is 0.332 e. The van der Waals surface area contributed by atoms with Gasteiger partial charge in [0.05, 0.1) is 0 Å². The van der Waals surface area contributed by atoms with Crippen LogP contribution in [0.4, 0.5) is 0 Å². The summed E-state index contributed by atoms with van der Waals surface area (Å²) in [6.07, 6.45) is 27.8. The van der Waals surface area contributed by atoms with Crippen molar-refractivity contribution in [2.24, 2.45) is 0 Å². The number of rotatable bonds is 17. The molecule has 0 saturated carbocycles. The number of nitrogens with zero attached hydrogens (tertiary/aromatic N) is 1. The summed E-state index contributed by atoms with van der Waals surface area (Å²) in [6, 6.07) is 0. The summed E-state index contributed by atoms with van der Waals surface area (Å²) in [4.78, 5) is 38.4. The molecule has 0 aliphatic carbocycles. The molecule has 0 bridgehead atoms. The van der Waals surface area contributed by atoms with Crippen LogP contribution in [0.25, 0.3) is 0 Å². The van der Waals surface area contributed by atoms with Gasteiger partial charge in [-0.2, -0.15) is 5.06 Å². The van der Waals surface area contributed by atoms with E-state index in [2.05, 4.69) is 55.5 Å². The van der Waals surface area contributed by atoms with E-state index in [1.165, 1.54) is 32.7 Å². The molecule has 0 spiro atoms. The number of amides is 1. The zero-order valence-corrected chi connectivity index (χ0v) is 18.8. The van der Waals surface area contributed by atoms with E-state index in [1.54, 1.807) is 0 Å². The van der Waals surface area contributed by atoms with Crippen molar-refractivity contribution < 1.29 is 19.2 Å². The van der Waals surface area contributed by atoms with Crippen molar-refractivity contribution >= 4 is 18.2 Å². The third-order valence-electron chi connectivity index (χ3n) is 4.28. The first-order valence-electron chi connectivity index (χ1n) is 11.1. The molecule has 0 aliphatic heterocycles. The Morgan fingerprint density at radius 1 is 0.733 bits per heavy atom. The highest BCUT2D eigenvalue weighted by atomic mass is 16.7. The summed E-state index contributed by atoms with van der Waals surface area (Å²) in [7, 11) is 1.39. The van der Waals surface area contributed by atoms with Crippen molar-refractivity contribution in [3.05, 3.63) is 48.6 Å². The van der Waals surface area contributed by atoms with Gasteiger partial charge < -0.3 is 9.63 Å². The average Bonchev–Trinajstić information content (AvgIpc) is 2.74. The van der Waals surface area contributed by atoms with E-state index in [4.69, 9.17) is 4.84 Å². The molecule has 0 heterocycles. The molecule has 1 amide bonds. The van der Waals surface area contributed by atoms with Gasteiger partial charge in [0.25, 0.3) is 5.91 Å². The van der Waals surface area contributed by atoms with Crippen molar-refractivity contribution in [3.8, 4) is 0 Å². The second-order valence-electron chi connectivity index (χ2n) is 7.04. The lowest BCUT2D eigenvalue weighted by Gasteiger charge is -2.15. The van der Waals surface area contributed by atoms with Crippen LogP contribution < -0.4 is 0 Å². The topological polar surface area (TPSA) is 63.7 Å². The molecule has 0 aromatic carbocycles. The minimum atomic E-state index is -0.437. The van der Waals surface area contributed by atoms with E-state index >= 15 is 0 Å². The van der Waals surface area contributed by atoms with Crippen molar-refractivity contribution in [1.29, 1.82) is 0 Å². The lowest BCUT2D eigenvalue weighted by molar-refractivity contribution is -0.192. The highest BCUT2D eigenvalue weighted by molar-refractivity contribution is 5.79. The molecule has 168 valence electrons. The van der Waals surface area contributed by atoms with E-state index in [0.29, 0.717) is 12.7 Å². The first-order valence-corrected chi connectivity index (χ1v) is 11.1. The van der Waals surface area contributed by atoms with Gasteiger partial charge in [0.1, 0.15) is 6.29 Å². The molecule has 5 nitrogen and oxygen atoms in total. The Morgan fingerprint density at radius 3 is 1.80 bits per heavy atom. The number of unbranched alkanes of at least 4 members (excludes halogenated alkanes) is 4. The first kappa shape index (κ1) is 27.6. The van der Waals surface area contributed by atoms with Gasteiger partial charge >= 0.3 is 5.97 Å². The third-order valence-corrected chi connectivity index (χ3v) is 4.28. The highest BCUT2D eigenvalue weighted by Crippen LogP contribution is 2.03. The van der Waals surface area contributed by atoms with E-state index in [0.717, 1.165) is 30.7 Å². The maximum atomic E-state index is 11.7. The molecular weight excluding hydrogens is 378 g/mol. The van der Waals surface area contributed by atoms with Crippen molar-refractivity contribution in [3.63, 3.8) is 0 Å². The molecule has 0 aliphatic rings. The average molecular weight is 418 g/mol. The Labute approximate surface area is 182 Å². The molecule has 0 atom stereocenters. The summed E-state index contributed by atoms with van der Waals surface area (Å²) < 4.78 is 0. The molecule has 0 fully saturated rings. The fraction of sp³-hybridized carbons (Fsp3) is 0.560. The van der Waals surface area contributed by atoms with E-state index < -0.39 is 5.97 Å². The number of aldehydes is 1. The zero-order valence-electron chi connectivity index (χ0n) is 18.8. The molecule has 0 aromatic heterocycles. The minimum absolute atomic E-state index is 0.0511. The molecule has 0 rings (SSSR count). The monoisotopic (exact) mass is 417 g/mol. The van der Waals surface area contributed by atoms with Crippen molar-refractivity contribution in [1.82, 2.24) is 5.06 Å². The maximum absolute atomic E-state index is 11.7. The van der Waals surface area contributed by atoms with Crippen LogP contribution in [0, 0.1) is 0 Å². The van der Waals surface area contributed by atoms with E-state index in [9.17, 15) is 14.4 Å². The Balaban J connectivity index is 3.65. The van der Waals surface area contributed by atoms with Crippen LogP contribution in [0.1, 0.15) is 84.0 Å². The van der Waals surface area contributed by atoms with E-state index in [1.807, 2.05) is 0 Å². The van der Waals surface area contributed by atoms with Crippen molar-refractivity contribution in [2.45, 2.75) is 84.0 Å². The van der Waals surface area contributed by atoms with Crippen LogP contribution in [0.2, 0.25) is 0 Å². The highest BCUT2D eigenvalue weighted by Gasteiger charge is 2.13. The Morgan fingerprint density at radius 2 is 1.27 bits per heavy atom. The largest absolute Gasteiger partial charge is 0.338 e. The fourth-order valence-corrected chi connectivity index (χ4v) is 2.51.